The molecule has 1 unspecified atom stereocenters. The predicted molar refractivity (Wildman–Crippen MR) is 60.6 cm³/mol. The smallest absolute Gasteiger partial charge is 0.303 e. The van der Waals surface area contributed by atoms with Gasteiger partial charge in [0.15, 0.2) is 0 Å². The summed E-state index contributed by atoms with van der Waals surface area (Å²) in [6.07, 6.45) is 3.88. The summed E-state index contributed by atoms with van der Waals surface area (Å²) in [4.78, 5) is 24.4. The fraction of sp³-hybridized carbons (Fsp3) is 0.833. The number of ether oxygens (including phenoxy) is 1. The summed E-state index contributed by atoms with van der Waals surface area (Å²) in [5.41, 5.74) is 0. The van der Waals surface area contributed by atoms with E-state index in [1.165, 1.54) is 0 Å². The Balaban J connectivity index is 1.95. The Morgan fingerprint density at radius 1 is 1.35 bits per heavy atom. The number of amides is 1. The molecule has 0 aromatic carbocycles. The molecule has 0 spiro atoms. The number of hydrogen-bond donors (Lipinski definition) is 1. The quantitative estimate of drug-likeness (QED) is 0.798. The Morgan fingerprint density at radius 2 is 2.06 bits per heavy atom. The van der Waals surface area contributed by atoms with E-state index in [1.54, 1.807) is 0 Å². The lowest BCUT2D eigenvalue weighted by Crippen LogP contribution is -2.44. The lowest BCUT2D eigenvalue weighted by molar-refractivity contribution is -0.139. The van der Waals surface area contributed by atoms with Gasteiger partial charge in [0, 0.05) is 38.1 Å². The van der Waals surface area contributed by atoms with Crippen LogP contribution in [0.1, 0.15) is 38.5 Å². The van der Waals surface area contributed by atoms with Gasteiger partial charge in [0.05, 0.1) is 0 Å². The van der Waals surface area contributed by atoms with Crippen molar-refractivity contribution in [3.05, 3.63) is 0 Å². The molecule has 0 aliphatic carbocycles. The van der Waals surface area contributed by atoms with E-state index in [1.807, 2.05) is 4.90 Å². The van der Waals surface area contributed by atoms with E-state index < -0.39 is 5.97 Å². The van der Waals surface area contributed by atoms with E-state index in [0.29, 0.717) is 26.1 Å². The molecule has 0 radical (unpaired) electrons. The Labute approximate surface area is 101 Å². The molecule has 17 heavy (non-hydrogen) atoms. The Morgan fingerprint density at radius 3 is 2.71 bits per heavy atom. The van der Waals surface area contributed by atoms with Crippen LogP contribution in [0, 0.1) is 0 Å². The lowest BCUT2D eigenvalue weighted by atomic mass is 10.0. The second-order valence-electron chi connectivity index (χ2n) is 4.77. The van der Waals surface area contributed by atoms with Crippen molar-refractivity contribution >= 4 is 11.9 Å². The molecule has 2 fully saturated rings. The van der Waals surface area contributed by atoms with Crippen LogP contribution >= 0.6 is 0 Å². The maximum atomic E-state index is 11.9. The molecule has 1 amide bonds. The van der Waals surface area contributed by atoms with E-state index in [-0.39, 0.29) is 24.4 Å². The van der Waals surface area contributed by atoms with Gasteiger partial charge < -0.3 is 14.7 Å². The van der Waals surface area contributed by atoms with Crippen LogP contribution in [0.25, 0.3) is 0 Å². The van der Waals surface area contributed by atoms with Gasteiger partial charge in [0.25, 0.3) is 0 Å². The molecular weight excluding hydrogens is 222 g/mol. The summed E-state index contributed by atoms with van der Waals surface area (Å²) in [6.45, 7) is 1.42. The van der Waals surface area contributed by atoms with Crippen molar-refractivity contribution in [1.29, 1.82) is 0 Å². The zero-order valence-corrected chi connectivity index (χ0v) is 9.93. The number of carbonyl (C=O) groups is 2. The number of likely N-dealkylation sites (tertiary alicyclic amines) is 1. The molecule has 2 saturated heterocycles. The summed E-state index contributed by atoms with van der Waals surface area (Å²) in [5.74, 6) is -0.594. The van der Waals surface area contributed by atoms with E-state index in [0.717, 1.165) is 19.3 Å². The van der Waals surface area contributed by atoms with Gasteiger partial charge in [-0.2, -0.15) is 0 Å². The Kier molecular flexibility index (Phi) is 3.99. The average Bonchev–Trinajstić information content (AvgIpc) is 2.69. The van der Waals surface area contributed by atoms with Gasteiger partial charge in [-0.05, 0) is 25.7 Å². The molecule has 1 atom stereocenters. The molecule has 0 aromatic heterocycles. The molecule has 0 saturated carbocycles. The van der Waals surface area contributed by atoms with Crippen molar-refractivity contribution in [2.45, 2.75) is 50.6 Å². The summed E-state index contributed by atoms with van der Waals surface area (Å²) < 4.78 is 5.30. The van der Waals surface area contributed by atoms with E-state index >= 15 is 0 Å². The first-order valence-electron chi connectivity index (χ1n) is 6.29. The zero-order valence-electron chi connectivity index (χ0n) is 9.93. The first-order valence-corrected chi connectivity index (χ1v) is 6.29. The molecule has 1 N–H and O–H groups in total. The fourth-order valence-corrected chi connectivity index (χ4v) is 2.80. The minimum atomic E-state index is -0.781. The topological polar surface area (TPSA) is 66.8 Å². The standard InChI is InChI=1S/C12H19NO4/c14-11-3-1-9(2-4-12(15)16)13(11)10-5-7-17-8-6-10/h9-10H,1-8H2,(H,15,16). The molecule has 96 valence electrons. The predicted octanol–water partition coefficient (Wildman–Crippen LogP) is 1.02. The SMILES string of the molecule is O=C(O)CCC1CCC(=O)N1C1CCOCC1. The summed E-state index contributed by atoms with van der Waals surface area (Å²) in [7, 11) is 0. The molecule has 2 aliphatic rings. The fourth-order valence-electron chi connectivity index (χ4n) is 2.80. The van der Waals surface area contributed by atoms with E-state index in [4.69, 9.17) is 9.84 Å². The van der Waals surface area contributed by atoms with Crippen molar-refractivity contribution in [2.24, 2.45) is 0 Å². The van der Waals surface area contributed by atoms with Crippen LogP contribution in [0.2, 0.25) is 0 Å². The van der Waals surface area contributed by atoms with Gasteiger partial charge in [0.1, 0.15) is 0 Å². The van der Waals surface area contributed by atoms with Crippen molar-refractivity contribution in [3.63, 3.8) is 0 Å². The number of aliphatic carboxylic acids is 1. The van der Waals surface area contributed by atoms with Crippen LogP contribution in [0.15, 0.2) is 0 Å². The van der Waals surface area contributed by atoms with Crippen LogP contribution in [-0.2, 0) is 14.3 Å². The largest absolute Gasteiger partial charge is 0.481 e. The third kappa shape index (κ3) is 2.97. The number of nitrogens with zero attached hydrogens (tertiary/aromatic N) is 1. The van der Waals surface area contributed by atoms with E-state index in [9.17, 15) is 9.59 Å². The van der Waals surface area contributed by atoms with Gasteiger partial charge in [-0.1, -0.05) is 0 Å². The highest BCUT2D eigenvalue weighted by molar-refractivity contribution is 5.79. The van der Waals surface area contributed by atoms with Gasteiger partial charge in [0.2, 0.25) is 5.91 Å². The van der Waals surface area contributed by atoms with Gasteiger partial charge >= 0.3 is 5.97 Å². The first kappa shape index (κ1) is 12.4. The highest BCUT2D eigenvalue weighted by Gasteiger charge is 2.36. The maximum Gasteiger partial charge on any atom is 0.303 e. The minimum Gasteiger partial charge on any atom is -0.481 e. The van der Waals surface area contributed by atoms with E-state index in [2.05, 4.69) is 0 Å². The lowest BCUT2D eigenvalue weighted by Gasteiger charge is -2.35. The Bertz CT molecular complexity index is 299. The number of rotatable bonds is 4. The first-order chi connectivity index (χ1) is 8.18. The molecule has 0 aromatic rings. The molecule has 2 rings (SSSR count). The van der Waals surface area contributed by atoms with Crippen LogP contribution in [-0.4, -0.2) is 47.2 Å². The number of carboxylic acid groups (broad SMARTS) is 1. The zero-order chi connectivity index (χ0) is 12.3. The maximum absolute atomic E-state index is 11.9. The van der Waals surface area contributed by atoms with Crippen LogP contribution in [0.4, 0.5) is 0 Å². The van der Waals surface area contributed by atoms with Gasteiger partial charge in [-0.15, -0.1) is 0 Å². The van der Waals surface area contributed by atoms with Crippen LogP contribution in [0.5, 0.6) is 0 Å². The van der Waals surface area contributed by atoms with Gasteiger partial charge in [-0.25, -0.2) is 0 Å². The second-order valence-corrected chi connectivity index (χ2v) is 4.77. The van der Waals surface area contributed by atoms with Crippen molar-refractivity contribution in [1.82, 2.24) is 4.90 Å². The van der Waals surface area contributed by atoms with Crippen molar-refractivity contribution < 1.29 is 19.4 Å². The minimum absolute atomic E-state index is 0.127. The highest BCUT2D eigenvalue weighted by Crippen LogP contribution is 2.28. The van der Waals surface area contributed by atoms with Crippen LogP contribution < -0.4 is 0 Å². The van der Waals surface area contributed by atoms with Crippen molar-refractivity contribution in [2.75, 3.05) is 13.2 Å². The Hall–Kier alpha value is -1.10. The number of carboxylic acids is 1. The summed E-state index contributed by atoms with van der Waals surface area (Å²) in [5, 5.41) is 8.71. The molecule has 0 bridgehead atoms. The third-order valence-electron chi connectivity index (χ3n) is 3.65. The second kappa shape index (κ2) is 5.49. The molecule has 2 aliphatic heterocycles. The van der Waals surface area contributed by atoms with Crippen LogP contribution in [0.3, 0.4) is 0 Å². The monoisotopic (exact) mass is 241 g/mol. The summed E-state index contributed by atoms with van der Waals surface area (Å²) >= 11 is 0. The molecule has 5 nitrogen and oxygen atoms in total. The normalized spacial score (nSPS) is 26.5. The summed E-state index contributed by atoms with van der Waals surface area (Å²) in [6, 6.07) is 0.388. The average molecular weight is 241 g/mol. The molecule has 5 heteroatoms. The van der Waals surface area contributed by atoms with Gasteiger partial charge in [-0.3, -0.25) is 9.59 Å². The highest BCUT2D eigenvalue weighted by atomic mass is 16.5. The molecule has 2 heterocycles. The molecular formula is C12H19NO4. The number of carbonyl (C=O) groups excluding carboxylic acids is 1. The number of hydrogen-bond acceptors (Lipinski definition) is 3. The van der Waals surface area contributed by atoms with Crippen molar-refractivity contribution in [3.8, 4) is 0 Å². The third-order valence-corrected chi connectivity index (χ3v) is 3.65.